The van der Waals surface area contributed by atoms with Crippen molar-refractivity contribution in [2.45, 2.75) is 20.0 Å². The Hall–Kier alpha value is -2.89. The Balaban J connectivity index is 1.72. The van der Waals surface area contributed by atoms with E-state index in [1.54, 1.807) is 0 Å². The smallest absolute Gasteiger partial charge is 0.358 e. The Bertz CT molecular complexity index is 932. The molecule has 2 aromatic heterocycles. The summed E-state index contributed by atoms with van der Waals surface area (Å²) >= 11 is 0. The summed E-state index contributed by atoms with van der Waals surface area (Å²) in [6.45, 7) is 4.29. The van der Waals surface area contributed by atoms with Gasteiger partial charge in [0.05, 0.1) is 31.4 Å². The summed E-state index contributed by atoms with van der Waals surface area (Å²) in [4.78, 5) is 18.6. The molecule has 0 fully saturated rings. The van der Waals surface area contributed by atoms with E-state index < -0.39 is 5.97 Å². The molecule has 0 N–H and O–H groups in total. The second kappa shape index (κ2) is 5.63. The van der Waals surface area contributed by atoms with Gasteiger partial charge in [-0.3, -0.25) is 9.67 Å². The highest BCUT2D eigenvalue weighted by atomic mass is 16.5. The molecule has 0 atom stereocenters. The zero-order valence-corrected chi connectivity index (χ0v) is 13.7. The molecule has 6 nitrogen and oxygen atoms in total. The van der Waals surface area contributed by atoms with E-state index in [1.165, 1.54) is 12.8 Å². The molecule has 0 unspecified atom stereocenters. The standard InChI is InChI=1S/C18H18N4O2/c1-12-9-17(14-5-3-4-6-15(14)19-12)21-7-8-22-13(11-21)10-16(20-22)18(23)24-2/h3-6,9-10H,7-8,11H2,1-2H3. The minimum atomic E-state index is -0.395. The van der Waals surface area contributed by atoms with Crippen molar-refractivity contribution in [3.8, 4) is 0 Å². The van der Waals surface area contributed by atoms with Gasteiger partial charge in [0.25, 0.3) is 0 Å². The molecule has 4 rings (SSSR count). The zero-order chi connectivity index (χ0) is 16.7. The van der Waals surface area contributed by atoms with Crippen LogP contribution in [-0.2, 0) is 17.8 Å². The minimum absolute atomic E-state index is 0.366. The molecule has 0 radical (unpaired) electrons. The van der Waals surface area contributed by atoms with Crippen LogP contribution in [0, 0.1) is 6.92 Å². The Kier molecular flexibility index (Phi) is 3.45. The number of para-hydroxylation sites is 1. The third-order valence-electron chi connectivity index (χ3n) is 4.36. The number of esters is 1. The first kappa shape index (κ1) is 14.7. The maximum Gasteiger partial charge on any atom is 0.358 e. The summed E-state index contributed by atoms with van der Waals surface area (Å²) < 4.78 is 6.65. The fraction of sp³-hybridized carbons (Fsp3) is 0.278. The molecule has 0 aliphatic carbocycles. The maximum atomic E-state index is 11.7. The van der Waals surface area contributed by atoms with Crippen molar-refractivity contribution < 1.29 is 9.53 Å². The molecule has 3 aromatic rings. The van der Waals surface area contributed by atoms with Crippen molar-refractivity contribution in [3.63, 3.8) is 0 Å². The molecule has 0 saturated carbocycles. The molecule has 122 valence electrons. The molecule has 1 aliphatic rings. The summed E-state index contributed by atoms with van der Waals surface area (Å²) in [5, 5.41) is 5.48. The second-order valence-corrected chi connectivity index (χ2v) is 5.96. The number of carbonyl (C=O) groups excluding carboxylic acids is 1. The van der Waals surface area contributed by atoms with Crippen LogP contribution in [0.1, 0.15) is 21.9 Å². The number of aryl methyl sites for hydroxylation is 1. The Labute approximate surface area is 139 Å². The number of benzene rings is 1. The first-order valence-corrected chi connectivity index (χ1v) is 7.92. The van der Waals surface area contributed by atoms with Gasteiger partial charge in [-0.25, -0.2) is 4.79 Å². The first-order chi connectivity index (χ1) is 11.7. The highest BCUT2D eigenvalue weighted by Gasteiger charge is 2.22. The minimum Gasteiger partial charge on any atom is -0.464 e. The van der Waals surface area contributed by atoms with E-state index in [0.717, 1.165) is 35.4 Å². The van der Waals surface area contributed by atoms with Crippen molar-refractivity contribution in [1.82, 2.24) is 14.8 Å². The summed E-state index contributed by atoms with van der Waals surface area (Å²) in [7, 11) is 1.37. The lowest BCUT2D eigenvalue weighted by molar-refractivity contribution is 0.0593. The average molecular weight is 322 g/mol. The number of hydrogen-bond donors (Lipinski definition) is 0. The van der Waals surface area contributed by atoms with Crippen molar-refractivity contribution in [2.24, 2.45) is 0 Å². The second-order valence-electron chi connectivity index (χ2n) is 5.96. The van der Waals surface area contributed by atoms with Gasteiger partial charge < -0.3 is 9.64 Å². The van der Waals surface area contributed by atoms with Gasteiger partial charge in [0, 0.05) is 23.3 Å². The number of fused-ring (bicyclic) bond motifs is 2. The Morgan fingerprint density at radius 3 is 2.88 bits per heavy atom. The number of carbonyl (C=O) groups is 1. The largest absolute Gasteiger partial charge is 0.464 e. The quantitative estimate of drug-likeness (QED) is 0.679. The average Bonchev–Trinajstić information content (AvgIpc) is 3.03. The van der Waals surface area contributed by atoms with Gasteiger partial charge in [-0.2, -0.15) is 5.10 Å². The van der Waals surface area contributed by atoms with E-state index in [1.807, 2.05) is 35.9 Å². The van der Waals surface area contributed by atoms with Crippen LogP contribution in [0.2, 0.25) is 0 Å². The summed E-state index contributed by atoms with van der Waals surface area (Å²) in [5.41, 5.74) is 4.55. The summed E-state index contributed by atoms with van der Waals surface area (Å²) in [6, 6.07) is 12.1. The van der Waals surface area contributed by atoms with Gasteiger partial charge in [0.1, 0.15) is 0 Å². The van der Waals surface area contributed by atoms with Crippen LogP contribution < -0.4 is 4.90 Å². The number of methoxy groups -OCH3 is 1. The molecular weight excluding hydrogens is 304 g/mol. The van der Waals surface area contributed by atoms with Crippen LogP contribution in [0.5, 0.6) is 0 Å². The number of anilines is 1. The van der Waals surface area contributed by atoms with Crippen molar-refractivity contribution >= 4 is 22.6 Å². The number of hydrogen-bond acceptors (Lipinski definition) is 5. The number of pyridine rings is 1. The number of rotatable bonds is 2. The fourth-order valence-corrected chi connectivity index (χ4v) is 3.22. The number of ether oxygens (including phenoxy) is 1. The molecule has 3 heterocycles. The normalized spacial score (nSPS) is 13.8. The van der Waals surface area contributed by atoms with Crippen LogP contribution in [-0.4, -0.2) is 34.4 Å². The van der Waals surface area contributed by atoms with Gasteiger partial charge in [-0.05, 0) is 25.1 Å². The molecule has 6 heteroatoms. The molecule has 0 spiro atoms. The summed E-state index contributed by atoms with van der Waals surface area (Å²) in [5.74, 6) is -0.395. The molecule has 0 saturated heterocycles. The Morgan fingerprint density at radius 1 is 1.21 bits per heavy atom. The lowest BCUT2D eigenvalue weighted by atomic mass is 10.1. The van der Waals surface area contributed by atoms with E-state index in [-0.39, 0.29) is 0 Å². The van der Waals surface area contributed by atoms with Gasteiger partial charge in [0.15, 0.2) is 5.69 Å². The van der Waals surface area contributed by atoms with E-state index >= 15 is 0 Å². The van der Waals surface area contributed by atoms with Crippen LogP contribution in [0.15, 0.2) is 36.4 Å². The Morgan fingerprint density at radius 2 is 2.04 bits per heavy atom. The van der Waals surface area contributed by atoms with E-state index in [9.17, 15) is 4.79 Å². The van der Waals surface area contributed by atoms with E-state index in [0.29, 0.717) is 12.2 Å². The van der Waals surface area contributed by atoms with Crippen LogP contribution >= 0.6 is 0 Å². The molecular formula is C18H18N4O2. The maximum absolute atomic E-state index is 11.7. The predicted octanol–water partition coefficient (Wildman–Crippen LogP) is 2.55. The SMILES string of the molecule is COC(=O)c1cc2n(n1)CCN(c1cc(C)nc3ccccc13)C2. The third-order valence-corrected chi connectivity index (χ3v) is 4.36. The van der Waals surface area contributed by atoms with Crippen molar-refractivity contribution in [3.05, 3.63) is 53.5 Å². The molecule has 24 heavy (non-hydrogen) atoms. The van der Waals surface area contributed by atoms with Crippen LogP contribution in [0.25, 0.3) is 10.9 Å². The monoisotopic (exact) mass is 322 g/mol. The molecule has 1 aliphatic heterocycles. The van der Waals surface area contributed by atoms with Crippen LogP contribution in [0.4, 0.5) is 5.69 Å². The molecule has 1 aromatic carbocycles. The van der Waals surface area contributed by atoms with Gasteiger partial charge >= 0.3 is 5.97 Å². The molecule has 0 bridgehead atoms. The molecule has 0 amide bonds. The highest BCUT2D eigenvalue weighted by Crippen LogP contribution is 2.29. The van der Waals surface area contributed by atoms with Gasteiger partial charge in [0.2, 0.25) is 0 Å². The number of nitrogens with zero attached hydrogens (tertiary/aromatic N) is 4. The first-order valence-electron chi connectivity index (χ1n) is 7.92. The lowest BCUT2D eigenvalue weighted by Crippen LogP contribution is -2.34. The summed E-state index contributed by atoms with van der Waals surface area (Å²) in [6.07, 6.45) is 0. The zero-order valence-electron chi connectivity index (χ0n) is 13.7. The van der Waals surface area contributed by atoms with Crippen molar-refractivity contribution in [1.29, 1.82) is 0 Å². The number of aromatic nitrogens is 3. The predicted molar refractivity (Wildman–Crippen MR) is 91.1 cm³/mol. The van der Waals surface area contributed by atoms with Crippen LogP contribution in [0.3, 0.4) is 0 Å². The van der Waals surface area contributed by atoms with Gasteiger partial charge in [-0.1, -0.05) is 18.2 Å². The topological polar surface area (TPSA) is 60.3 Å². The third kappa shape index (κ3) is 2.40. The fourth-order valence-electron chi connectivity index (χ4n) is 3.22. The lowest BCUT2D eigenvalue weighted by Gasteiger charge is -2.30. The van der Waals surface area contributed by atoms with E-state index in [4.69, 9.17) is 4.74 Å². The van der Waals surface area contributed by atoms with Crippen molar-refractivity contribution in [2.75, 3.05) is 18.6 Å². The van der Waals surface area contributed by atoms with E-state index in [2.05, 4.69) is 27.1 Å². The highest BCUT2D eigenvalue weighted by molar-refractivity contribution is 5.92. The van der Waals surface area contributed by atoms with Gasteiger partial charge in [-0.15, -0.1) is 0 Å².